The summed E-state index contributed by atoms with van der Waals surface area (Å²) in [7, 11) is 1.00. The number of aryl methyl sites for hydroxylation is 1. The molecule has 5 fully saturated rings. The van der Waals surface area contributed by atoms with Gasteiger partial charge in [-0.2, -0.15) is 5.57 Å². The van der Waals surface area contributed by atoms with E-state index in [9.17, 15) is 0 Å². The Kier molecular flexibility index (Phi) is 11.4. The molecule has 8 heteroatoms. The zero-order valence-electron chi connectivity index (χ0n) is 25.7. The van der Waals surface area contributed by atoms with Crippen LogP contribution in [0.25, 0.3) is 0 Å². The number of ether oxygens (including phenoxy) is 1. The summed E-state index contributed by atoms with van der Waals surface area (Å²) in [6.45, 7) is 11.3. The fourth-order valence-electron chi connectivity index (χ4n) is 8.09. The molecule has 0 amide bonds. The van der Waals surface area contributed by atoms with Crippen LogP contribution < -0.4 is 61.6 Å². The van der Waals surface area contributed by atoms with Crippen LogP contribution in [0, 0.1) is 12.8 Å². The predicted molar refractivity (Wildman–Crippen MR) is 162 cm³/mol. The summed E-state index contributed by atoms with van der Waals surface area (Å²) in [6, 6.07) is 8.11. The molecule has 41 heavy (non-hydrogen) atoms. The van der Waals surface area contributed by atoms with E-state index in [1.54, 1.807) is 12.3 Å². The Morgan fingerprint density at radius 2 is 1.83 bits per heavy atom. The van der Waals surface area contributed by atoms with Gasteiger partial charge in [0.15, 0.2) is 0 Å². The zero-order valence-corrected chi connectivity index (χ0v) is 28.8. The molecular weight excluding hydrogens is 537 g/mol. The largest absolute Gasteiger partial charge is 1.00 e. The minimum Gasteiger partial charge on any atom is -0.432 e. The molecule has 1 aromatic rings. The summed E-state index contributed by atoms with van der Waals surface area (Å²) >= 11 is 0. The first kappa shape index (κ1) is 32.0. The Bertz CT molecular complexity index is 1070. The number of piperazine rings is 1. The maximum absolute atomic E-state index is 7.00. The molecule has 6 aliphatic rings. The molecule has 1 aliphatic carbocycles. The van der Waals surface area contributed by atoms with Gasteiger partial charge in [0, 0.05) is 50.1 Å². The molecule has 0 aromatic heterocycles. The number of hydrogen-bond acceptors (Lipinski definition) is 6. The topological polar surface area (TPSA) is 63.6 Å². The average molecular weight is 587 g/mol. The third-order valence-corrected chi connectivity index (χ3v) is 10.2. The minimum absolute atomic E-state index is 0. The van der Waals surface area contributed by atoms with Crippen molar-refractivity contribution in [1.82, 2.24) is 15.1 Å². The van der Waals surface area contributed by atoms with E-state index < -0.39 is 0 Å². The van der Waals surface area contributed by atoms with Gasteiger partial charge < -0.3 is 30.0 Å². The summed E-state index contributed by atoms with van der Waals surface area (Å²) < 4.78 is 6.22. The number of nitrogens with zero attached hydrogens (tertiary/aromatic N) is 4. The Labute approximate surface area is 290 Å². The fourth-order valence-corrected chi connectivity index (χ4v) is 8.09. The van der Waals surface area contributed by atoms with E-state index in [4.69, 9.17) is 14.8 Å². The van der Waals surface area contributed by atoms with Crippen LogP contribution in [0.15, 0.2) is 28.8 Å². The number of anilines is 1. The molecule has 2 unspecified atom stereocenters. The molecular formula is C33H49KN5O2-. The summed E-state index contributed by atoms with van der Waals surface area (Å²) in [5.74, 6) is 1.88. The van der Waals surface area contributed by atoms with Crippen molar-refractivity contribution in [2.45, 2.75) is 94.7 Å². The van der Waals surface area contributed by atoms with Gasteiger partial charge >= 0.3 is 51.4 Å². The van der Waals surface area contributed by atoms with Crippen LogP contribution in [-0.2, 0) is 11.2 Å². The van der Waals surface area contributed by atoms with Gasteiger partial charge in [0.25, 0.3) is 0 Å². The van der Waals surface area contributed by atoms with E-state index in [-0.39, 0.29) is 56.9 Å². The van der Waals surface area contributed by atoms with Gasteiger partial charge in [0.05, 0.1) is 6.61 Å². The van der Waals surface area contributed by atoms with Gasteiger partial charge in [-0.1, -0.05) is 19.1 Å². The molecule has 7 rings (SSSR count). The van der Waals surface area contributed by atoms with Crippen LogP contribution in [0.2, 0.25) is 0 Å². The van der Waals surface area contributed by atoms with E-state index in [2.05, 4.69) is 51.2 Å². The van der Waals surface area contributed by atoms with Gasteiger partial charge in [-0.15, -0.1) is 0 Å². The molecule has 220 valence electrons. The SMILES string of the molecule is CCc1cccc(N2C[C-]=C(/C(=N\[CH-]OCC34CCCN3CCC4)N3CC4CCC(C3)N4)CC2)c1C1CC1.CO.[K+]. The molecule has 2 bridgehead atoms. The van der Waals surface area contributed by atoms with Crippen molar-refractivity contribution in [1.29, 1.82) is 0 Å². The van der Waals surface area contributed by atoms with Crippen molar-refractivity contribution < 1.29 is 61.2 Å². The molecule has 0 radical (unpaired) electrons. The normalized spacial score (nSPS) is 27.1. The van der Waals surface area contributed by atoms with Crippen molar-refractivity contribution >= 4 is 11.5 Å². The first-order valence-corrected chi connectivity index (χ1v) is 15.9. The second kappa shape index (κ2) is 14.6. The molecule has 2 atom stereocenters. The number of aliphatic hydroxyl groups is 1. The zero-order chi connectivity index (χ0) is 27.5. The van der Waals surface area contributed by atoms with Crippen LogP contribution in [0.4, 0.5) is 5.69 Å². The van der Waals surface area contributed by atoms with Gasteiger partial charge in [-0.05, 0) is 120 Å². The number of benzene rings is 1. The van der Waals surface area contributed by atoms with Crippen molar-refractivity contribution in [2.24, 2.45) is 4.99 Å². The second-order valence-corrected chi connectivity index (χ2v) is 12.6. The van der Waals surface area contributed by atoms with Crippen LogP contribution in [0.1, 0.15) is 81.8 Å². The number of fused-ring (bicyclic) bond motifs is 3. The molecule has 5 aliphatic heterocycles. The Balaban J connectivity index is 0.00000110. The summed E-state index contributed by atoms with van der Waals surface area (Å²) in [6.07, 6.45) is 16.3. The Morgan fingerprint density at radius 1 is 1.10 bits per heavy atom. The van der Waals surface area contributed by atoms with Crippen molar-refractivity contribution in [2.75, 3.05) is 57.9 Å². The van der Waals surface area contributed by atoms with E-state index in [1.165, 1.54) is 81.3 Å². The Morgan fingerprint density at radius 3 is 2.46 bits per heavy atom. The van der Waals surface area contributed by atoms with E-state index >= 15 is 0 Å². The van der Waals surface area contributed by atoms with Gasteiger partial charge in [-0.25, -0.2) is 6.08 Å². The number of rotatable bonds is 8. The molecule has 2 N–H and O–H groups in total. The molecule has 0 spiro atoms. The van der Waals surface area contributed by atoms with Crippen molar-refractivity contribution in [3.63, 3.8) is 0 Å². The average Bonchev–Trinajstić information content (AvgIpc) is 3.52. The van der Waals surface area contributed by atoms with Crippen LogP contribution in [0.3, 0.4) is 0 Å². The third-order valence-electron chi connectivity index (χ3n) is 10.2. The first-order valence-electron chi connectivity index (χ1n) is 15.9. The summed E-state index contributed by atoms with van der Waals surface area (Å²) in [4.78, 5) is 12.8. The second-order valence-electron chi connectivity index (χ2n) is 12.6. The van der Waals surface area contributed by atoms with E-state index in [1.807, 2.05) is 0 Å². The van der Waals surface area contributed by atoms with Crippen molar-refractivity contribution in [3.05, 3.63) is 47.7 Å². The first-order chi connectivity index (χ1) is 19.7. The molecule has 1 saturated carbocycles. The Hall–Kier alpha value is -0.424. The van der Waals surface area contributed by atoms with Crippen LogP contribution in [0.5, 0.6) is 0 Å². The van der Waals surface area contributed by atoms with Crippen molar-refractivity contribution in [3.8, 4) is 0 Å². The van der Waals surface area contributed by atoms with Crippen LogP contribution >= 0.6 is 0 Å². The monoisotopic (exact) mass is 586 g/mol. The number of hydrogen-bond donors (Lipinski definition) is 2. The summed E-state index contributed by atoms with van der Waals surface area (Å²) in [5, 5.41) is 10.8. The van der Waals surface area contributed by atoms with Gasteiger partial charge in [0.1, 0.15) is 0 Å². The number of aliphatic imine (C=N–C) groups is 1. The molecule has 4 saturated heterocycles. The molecule has 7 nitrogen and oxygen atoms in total. The summed E-state index contributed by atoms with van der Waals surface area (Å²) in [5.41, 5.74) is 6.14. The fraction of sp³-hybridized carbons (Fsp3) is 0.697. The van der Waals surface area contributed by atoms with Gasteiger partial charge in [-0.3, -0.25) is 4.90 Å². The molecule has 1 aromatic carbocycles. The standard InChI is InChI=1S/C32H45N5O.CH4O.K/c1-2-24-6-3-7-29(30(24)25-8-9-25)35-18-12-26(13-19-35)31(36-20-27-10-11-28(21-36)34-27)33-23-38-22-32-14-4-16-37(32)17-5-15-32;1-2;/h3,6-7,23,25,27-28,34H,2,4-5,8-12,14-22H2,1H3;2H,1H3;/q-2;;+1/b33-31+;;. The predicted octanol–water partition coefficient (Wildman–Crippen LogP) is 1.28. The van der Waals surface area contributed by atoms with E-state index in [0.29, 0.717) is 12.1 Å². The number of amidine groups is 1. The number of aliphatic hydroxyl groups excluding tert-OH is 1. The number of nitrogens with one attached hydrogen (secondary N) is 1. The maximum atomic E-state index is 7.00. The smallest absolute Gasteiger partial charge is 0.432 e. The maximum Gasteiger partial charge on any atom is 1.00 e. The third kappa shape index (κ3) is 6.96. The molecule has 5 heterocycles. The van der Waals surface area contributed by atoms with E-state index in [0.717, 1.165) is 64.5 Å². The van der Waals surface area contributed by atoms with Gasteiger partial charge in [0.2, 0.25) is 0 Å². The minimum atomic E-state index is 0. The quantitative estimate of drug-likeness (QED) is 0.157. The van der Waals surface area contributed by atoms with Crippen LogP contribution in [-0.4, -0.2) is 91.3 Å². The number of likely N-dealkylation sites (tertiary alicyclic amines) is 1.